The van der Waals surface area contributed by atoms with E-state index in [-0.39, 0.29) is 29.1 Å². The van der Waals surface area contributed by atoms with Crippen LogP contribution in [0.15, 0.2) is 81.1 Å². The number of nitrogens with one attached hydrogen (secondary N) is 1. The van der Waals surface area contributed by atoms with E-state index in [9.17, 15) is 12.8 Å². The average molecular weight is 535 g/mol. The zero-order valence-electron chi connectivity index (χ0n) is 18.7. The average Bonchev–Trinajstić information content (AvgIpc) is 3.24. The van der Waals surface area contributed by atoms with E-state index >= 15 is 0 Å². The zero-order chi connectivity index (χ0) is 25.2. The summed E-state index contributed by atoms with van der Waals surface area (Å²) in [7, 11) is -2.81. The molecule has 3 aromatic carbocycles. The smallest absolute Gasteiger partial charge is 0.277 e. The minimum Gasteiger partial charge on any atom is -0.277 e. The summed E-state index contributed by atoms with van der Waals surface area (Å²) in [5.41, 5.74) is 4.98. The highest BCUT2D eigenvalue weighted by molar-refractivity contribution is 7.90. The van der Waals surface area contributed by atoms with Crippen LogP contribution in [0.2, 0.25) is 10.0 Å². The number of halogens is 3. The maximum absolute atomic E-state index is 14.0. The van der Waals surface area contributed by atoms with Crippen molar-refractivity contribution in [2.75, 3.05) is 13.7 Å². The van der Waals surface area contributed by atoms with E-state index in [4.69, 9.17) is 28.0 Å². The predicted molar refractivity (Wildman–Crippen MR) is 135 cm³/mol. The van der Waals surface area contributed by atoms with Gasteiger partial charge >= 0.3 is 0 Å². The summed E-state index contributed by atoms with van der Waals surface area (Å²) in [6.45, 7) is 1.82. The number of aryl methyl sites for hydroxylation is 1. The first kappa shape index (κ1) is 25.1. The Labute approximate surface area is 212 Å². The number of sulfonamides is 1. The number of hydrogen-bond donors (Lipinski definition) is 1. The molecule has 0 bridgehead atoms. The largest absolute Gasteiger partial charge is 0.285 e. The number of hydrazone groups is 1. The molecule has 0 radical (unpaired) electrons. The van der Waals surface area contributed by atoms with E-state index in [0.29, 0.717) is 26.9 Å². The van der Waals surface area contributed by atoms with Crippen LogP contribution in [0.3, 0.4) is 0 Å². The first-order chi connectivity index (χ1) is 16.7. The van der Waals surface area contributed by atoms with Crippen LogP contribution in [-0.4, -0.2) is 38.8 Å². The van der Waals surface area contributed by atoms with Gasteiger partial charge in [-0.25, -0.2) is 14.9 Å². The minimum atomic E-state index is -4.14. The highest BCUT2D eigenvalue weighted by atomic mass is 35.5. The topological polar surface area (TPSA) is 83.4 Å². The van der Waals surface area contributed by atoms with Gasteiger partial charge in [0, 0.05) is 16.0 Å². The Morgan fingerprint density at radius 3 is 2.49 bits per heavy atom. The van der Waals surface area contributed by atoms with Crippen LogP contribution in [0.4, 0.5) is 4.39 Å². The molecule has 3 aromatic rings. The van der Waals surface area contributed by atoms with Crippen molar-refractivity contribution in [2.24, 2.45) is 9.50 Å². The molecule has 1 atom stereocenters. The summed E-state index contributed by atoms with van der Waals surface area (Å²) in [4.78, 5) is 5.01. The van der Waals surface area contributed by atoms with Crippen LogP contribution in [0.25, 0.3) is 0 Å². The molecule has 1 aliphatic rings. The first-order valence-corrected chi connectivity index (χ1v) is 12.6. The van der Waals surface area contributed by atoms with Gasteiger partial charge in [-0.3, -0.25) is 4.84 Å². The third kappa shape index (κ3) is 5.65. The number of hydrogen-bond acceptors (Lipinski definition) is 4. The van der Waals surface area contributed by atoms with Crippen molar-refractivity contribution >= 4 is 44.9 Å². The molecular formula is C24H21Cl2FN4O3S. The van der Waals surface area contributed by atoms with Gasteiger partial charge in [-0.2, -0.15) is 13.5 Å². The predicted octanol–water partition coefficient (Wildman–Crippen LogP) is 5.14. The van der Waals surface area contributed by atoms with Crippen LogP contribution >= 0.6 is 23.2 Å². The first-order valence-electron chi connectivity index (χ1n) is 10.5. The van der Waals surface area contributed by atoms with E-state index < -0.39 is 10.0 Å². The van der Waals surface area contributed by atoms with Crippen molar-refractivity contribution in [1.82, 2.24) is 10.5 Å². The molecule has 35 heavy (non-hydrogen) atoms. The maximum atomic E-state index is 14.0. The summed E-state index contributed by atoms with van der Waals surface area (Å²) in [6, 6.07) is 17.6. The van der Waals surface area contributed by atoms with Crippen molar-refractivity contribution in [1.29, 1.82) is 0 Å². The molecule has 1 heterocycles. The Morgan fingerprint density at radius 2 is 1.83 bits per heavy atom. The van der Waals surface area contributed by atoms with E-state index in [2.05, 4.69) is 15.0 Å². The number of nitrogens with zero attached hydrogens (tertiary/aromatic N) is 3. The number of rotatable bonds is 5. The maximum Gasteiger partial charge on any atom is 0.285 e. The molecule has 0 saturated carbocycles. The quantitative estimate of drug-likeness (QED) is 0.278. The van der Waals surface area contributed by atoms with Gasteiger partial charge in [0.2, 0.25) is 0 Å². The van der Waals surface area contributed by atoms with E-state index in [1.807, 2.05) is 0 Å². The Bertz CT molecular complexity index is 1410. The third-order valence-electron chi connectivity index (χ3n) is 5.36. The molecule has 0 unspecified atom stereocenters. The molecule has 1 aliphatic heterocycles. The van der Waals surface area contributed by atoms with Crippen molar-refractivity contribution in [3.05, 3.63) is 99.3 Å². The summed E-state index contributed by atoms with van der Waals surface area (Å²) < 4.78 is 44.3. The molecule has 11 heteroatoms. The molecule has 0 spiro atoms. The van der Waals surface area contributed by atoms with Gasteiger partial charge in [0.25, 0.3) is 16.0 Å². The minimum absolute atomic E-state index is 0.0000785. The SMILES string of the molecule is CON/C(=N\S(=O)(=O)c1ccc(Cl)cc1C)N1C[C@H](c2cccc(F)c2)C(c2ccc(Cl)cc2)=N1. The van der Waals surface area contributed by atoms with Gasteiger partial charge in [-0.05, 0) is 66.1 Å². The normalized spacial score (nSPS) is 16.4. The van der Waals surface area contributed by atoms with Crippen LogP contribution in [-0.2, 0) is 14.9 Å². The second-order valence-corrected chi connectivity index (χ2v) is 10.2. The lowest BCUT2D eigenvalue weighted by molar-refractivity contribution is 0.132. The van der Waals surface area contributed by atoms with Gasteiger partial charge in [-0.1, -0.05) is 47.5 Å². The molecule has 0 saturated heterocycles. The summed E-state index contributed by atoms with van der Waals surface area (Å²) in [5, 5.41) is 6.98. The fourth-order valence-electron chi connectivity index (χ4n) is 3.77. The van der Waals surface area contributed by atoms with Crippen LogP contribution in [0.1, 0.15) is 22.6 Å². The molecule has 4 rings (SSSR count). The van der Waals surface area contributed by atoms with Gasteiger partial charge < -0.3 is 0 Å². The fourth-order valence-corrected chi connectivity index (χ4v) is 5.29. The lowest BCUT2D eigenvalue weighted by Gasteiger charge is -2.18. The van der Waals surface area contributed by atoms with Gasteiger partial charge in [0.1, 0.15) is 5.82 Å². The van der Waals surface area contributed by atoms with Gasteiger partial charge in [-0.15, -0.1) is 4.40 Å². The fraction of sp³-hybridized carbons (Fsp3) is 0.167. The number of benzene rings is 3. The van der Waals surface area contributed by atoms with Crippen LogP contribution < -0.4 is 5.48 Å². The zero-order valence-corrected chi connectivity index (χ0v) is 21.1. The Hall–Kier alpha value is -2.98. The van der Waals surface area contributed by atoms with Crippen LogP contribution in [0, 0.1) is 12.7 Å². The van der Waals surface area contributed by atoms with Crippen molar-refractivity contribution in [3.63, 3.8) is 0 Å². The number of guanidine groups is 1. The highest BCUT2D eigenvalue weighted by Gasteiger charge is 2.33. The molecule has 0 amide bonds. The standard InChI is InChI=1S/C24H21Cl2FN4O3S/c1-15-12-19(26)10-11-22(15)35(32,33)30-24(29-34-2)31-14-21(17-4-3-5-20(27)13-17)23(28-31)16-6-8-18(25)9-7-16/h3-13,21H,14H2,1-2H3,(H,29,30)/t21-/m1/s1. The molecule has 7 nitrogen and oxygen atoms in total. The Kier molecular flexibility index (Phi) is 7.42. The number of hydroxylamine groups is 1. The second-order valence-electron chi connectivity index (χ2n) is 7.79. The monoisotopic (exact) mass is 534 g/mol. The third-order valence-corrected chi connectivity index (χ3v) is 7.28. The Morgan fingerprint density at radius 1 is 1.11 bits per heavy atom. The van der Waals surface area contributed by atoms with Gasteiger partial charge in [0.15, 0.2) is 0 Å². The van der Waals surface area contributed by atoms with E-state index in [0.717, 1.165) is 5.56 Å². The molecule has 1 N–H and O–H groups in total. The molecular weight excluding hydrogens is 514 g/mol. The molecule has 0 fully saturated rings. The Balaban J connectivity index is 1.78. The lowest BCUT2D eigenvalue weighted by atomic mass is 9.90. The summed E-state index contributed by atoms with van der Waals surface area (Å²) >= 11 is 12.0. The van der Waals surface area contributed by atoms with Crippen molar-refractivity contribution in [3.8, 4) is 0 Å². The highest BCUT2D eigenvalue weighted by Crippen LogP contribution is 2.30. The van der Waals surface area contributed by atoms with E-state index in [1.165, 1.54) is 36.4 Å². The summed E-state index contributed by atoms with van der Waals surface area (Å²) in [6.07, 6.45) is 0. The van der Waals surface area contributed by atoms with Crippen molar-refractivity contribution in [2.45, 2.75) is 17.7 Å². The molecule has 0 aliphatic carbocycles. The van der Waals surface area contributed by atoms with Crippen molar-refractivity contribution < 1.29 is 17.6 Å². The van der Waals surface area contributed by atoms with Crippen LogP contribution in [0.5, 0.6) is 0 Å². The molecule has 182 valence electrons. The lowest BCUT2D eigenvalue weighted by Crippen LogP contribution is -2.38. The second kappa shape index (κ2) is 10.3. The van der Waals surface area contributed by atoms with E-state index in [1.54, 1.807) is 49.4 Å². The molecule has 0 aromatic heterocycles. The summed E-state index contributed by atoms with van der Waals surface area (Å²) in [5.74, 6) is -0.913. The van der Waals surface area contributed by atoms with Gasteiger partial charge in [0.05, 0.1) is 24.3 Å².